The number of rotatable bonds is 4. The summed E-state index contributed by atoms with van der Waals surface area (Å²) >= 11 is 0. The van der Waals surface area contributed by atoms with Gasteiger partial charge in [0.1, 0.15) is 0 Å². The Labute approximate surface area is 149 Å². The molecule has 1 saturated heterocycles. The van der Waals surface area contributed by atoms with Gasteiger partial charge in [0.15, 0.2) is 0 Å². The Kier molecular flexibility index (Phi) is 5.23. The van der Waals surface area contributed by atoms with Crippen LogP contribution in [-0.2, 0) is 6.54 Å². The van der Waals surface area contributed by atoms with Crippen LogP contribution in [-0.4, -0.2) is 39.7 Å². The lowest BCUT2D eigenvalue weighted by atomic mass is 9.92. The van der Waals surface area contributed by atoms with E-state index in [4.69, 9.17) is 5.73 Å². The second-order valence-corrected chi connectivity index (χ2v) is 7.29. The minimum absolute atomic E-state index is 0.114. The second kappa shape index (κ2) is 7.40. The molecule has 1 aromatic carbocycles. The number of nitrogens with two attached hydrogens (primary N) is 1. The van der Waals surface area contributed by atoms with Crippen LogP contribution in [0, 0.1) is 19.8 Å². The Hall–Kier alpha value is -2.14. The average Bonchev–Trinajstić information content (AvgIpc) is 2.92. The molecular weight excluding hydrogens is 312 g/mol. The highest BCUT2D eigenvalue weighted by Crippen LogP contribution is 2.21. The van der Waals surface area contributed by atoms with Crippen LogP contribution in [0.1, 0.15) is 47.1 Å². The van der Waals surface area contributed by atoms with Gasteiger partial charge in [-0.15, -0.1) is 0 Å². The zero-order valence-electron chi connectivity index (χ0n) is 15.4. The van der Waals surface area contributed by atoms with E-state index >= 15 is 0 Å². The highest BCUT2D eigenvalue weighted by molar-refractivity contribution is 5.94. The maximum absolute atomic E-state index is 12.8. The molecule has 3 rings (SSSR count). The van der Waals surface area contributed by atoms with E-state index in [1.165, 1.54) is 0 Å². The summed E-state index contributed by atoms with van der Waals surface area (Å²) in [6.45, 7) is 8.42. The summed E-state index contributed by atoms with van der Waals surface area (Å²) in [4.78, 5) is 14.7. The first-order valence-corrected chi connectivity index (χ1v) is 9.09. The highest BCUT2D eigenvalue weighted by Gasteiger charge is 2.26. The third-order valence-electron chi connectivity index (χ3n) is 5.13. The fourth-order valence-corrected chi connectivity index (χ4v) is 3.57. The summed E-state index contributed by atoms with van der Waals surface area (Å²) < 4.78 is 1.99. The van der Waals surface area contributed by atoms with Crippen LogP contribution in [0.2, 0.25) is 0 Å². The number of carbonyl (C=O) groups excluding carboxylic acids is 1. The van der Waals surface area contributed by atoms with E-state index in [0.29, 0.717) is 5.92 Å². The van der Waals surface area contributed by atoms with Crippen molar-refractivity contribution in [3.8, 4) is 0 Å². The first-order chi connectivity index (χ1) is 11.9. The molecule has 134 valence electrons. The maximum atomic E-state index is 12.8. The van der Waals surface area contributed by atoms with E-state index in [1.54, 1.807) is 0 Å². The van der Waals surface area contributed by atoms with Gasteiger partial charge in [0, 0.05) is 30.4 Å². The molecule has 2 heterocycles. The zero-order valence-corrected chi connectivity index (χ0v) is 15.4. The highest BCUT2D eigenvalue weighted by atomic mass is 16.2. The Morgan fingerprint density at radius 1 is 1.32 bits per heavy atom. The molecule has 0 radical (unpaired) electrons. The van der Waals surface area contributed by atoms with Crippen molar-refractivity contribution < 1.29 is 4.79 Å². The molecule has 25 heavy (non-hydrogen) atoms. The van der Waals surface area contributed by atoms with Gasteiger partial charge in [-0.2, -0.15) is 5.10 Å². The Bertz CT molecular complexity index is 733. The molecule has 2 unspecified atom stereocenters. The van der Waals surface area contributed by atoms with Crippen LogP contribution in [0.4, 0.5) is 0 Å². The summed E-state index contributed by atoms with van der Waals surface area (Å²) in [6, 6.07) is 10.1. The third kappa shape index (κ3) is 4.10. The standard InChI is InChI=1S/C20H28N4O/c1-14-11-15(2)24(22-14)12-17-6-8-18(9-7-17)20(25)23-10-4-5-19(13-23)16(3)21/h6-9,11,16,19H,4-5,10,12-13,21H2,1-3H3. The fourth-order valence-electron chi connectivity index (χ4n) is 3.57. The van der Waals surface area contributed by atoms with Crippen LogP contribution in [0.25, 0.3) is 0 Å². The van der Waals surface area contributed by atoms with E-state index in [0.717, 1.165) is 55.0 Å². The lowest BCUT2D eigenvalue weighted by molar-refractivity contribution is 0.0661. The number of piperidine rings is 1. The van der Waals surface area contributed by atoms with Gasteiger partial charge in [0.25, 0.3) is 5.91 Å². The molecular formula is C20H28N4O. The molecule has 5 heteroatoms. The lowest BCUT2D eigenvalue weighted by Gasteiger charge is -2.34. The summed E-state index contributed by atoms with van der Waals surface area (Å²) in [6.07, 6.45) is 2.15. The SMILES string of the molecule is Cc1cc(C)n(Cc2ccc(C(=O)N3CCCC(C(C)N)C3)cc2)n1. The van der Waals surface area contributed by atoms with Crippen LogP contribution in [0.3, 0.4) is 0 Å². The largest absolute Gasteiger partial charge is 0.338 e. The van der Waals surface area contributed by atoms with Gasteiger partial charge in [-0.3, -0.25) is 9.48 Å². The molecule has 0 saturated carbocycles. The van der Waals surface area contributed by atoms with Crippen molar-refractivity contribution >= 4 is 5.91 Å². The molecule has 1 amide bonds. The van der Waals surface area contributed by atoms with Crippen LogP contribution in [0.15, 0.2) is 30.3 Å². The molecule has 2 aromatic rings. The number of hydrogen-bond donors (Lipinski definition) is 1. The fraction of sp³-hybridized carbons (Fsp3) is 0.500. The van der Waals surface area contributed by atoms with Crippen molar-refractivity contribution in [2.75, 3.05) is 13.1 Å². The van der Waals surface area contributed by atoms with Crippen molar-refractivity contribution in [2.24, 2.45) is 11.7 Å². The van der Waals surface area contributed by atoms with Gasteiger partial charge in [0.05, 0.1) is 12.2 Å². The van der Waals surface area contributed by atoms with Gasteiger partial charge in [-0.25, -0.2) is 0 Å². The Morgan fingerprint density at radius 3 is 2.64 bits per heavy atom. The van der Waals surface area contributed by atoms with Crippen LogP contribution in [0.5, 0.6) is 0 Å². The predicted molar refractivity (Wildman–Crippen MR) is 99.5 cm³/mol. The molecule has 1 aliphatic heterocycles. The van der Waals surface area contributed by atoms with Gasteiger partial charge < -0.3 is 10.6 Å². The number of likely N-dealkylation sites (tertiary alicyclic amines) is 1. The number of amides is 1. The first kappa shape index (κ1) is 17.7. The number of carbonyl (C=O) groups is 1. The number of aromatic nitrogens is 2. The first-order valence-electron chi connectivity index (χ1n) is 9.09. The topological polar surface area (TPSA) is 64.2 Å². The van der Waals surface area contributed by atoms with Crippen molar-refractivity contribution in [1.29, 1.82) is 0 Å². The van der Waals surface area contributed by atoms with E-state index in [-0.39, 0.29) is 11.9 Å². The number of hydrogen-bond acceptors (Lipinski definition) is 3. The van der Waals surface area contributed by atoms with Crippen LogP contribution >= 0.6 is 0 Å². The minimum Gasteiger partial charge on any atom is -0.338 e. The van der Waals surface area contributed by atoms with Crippen molar-refractivity contribution in [3.63, 3.8) is 0 Å². The zero-order chi connectivity index (χ0) is 18.0. The molecule has 1 fully saturated rings. The van der Waals surface area contributed by atoms with Crippen molar-refractivity contribution in [2.45, 2.75) is 46.2 Å². The number of aryl methyl sites for hydroxylation is 2. The summed E-state index contributed by atoms with van der Waals surface area (Å²) in [5.41, 5.74) is 10.1. The summed E-state index contributed by atoms with van der Waals surface area (Å²) in [5, 5.41) is 4.49. The molecule has 5 nitrogen and oxygen atoms in total. The van der Waals surface area contributed by atoms with Crippen molar-refractivity contribution in [1.82, 2.24) is 14.7 Å². The molecule has 0 aliphatic carbocycles. The van der Waals surface area contributed by atoms with E-state index in [9.17, 15) is 4.79 Å². The van der Waals surface area contributed by atoms with Gasteiger partial charge >= 0.3 is 0 Å². The molecule has 1 aromatic heterocycles. The van der Waals surface area contributed by atoms with Gasteiger partial charge in [0.2, 0.25) is 0 Å². The summed E-state index contributed by atoms with van der Waals surface area (Å²) in [5.74, 6) is 0.519. The molecule has 0 bridgehead atoms. The van der Waals surface area contributed by atoms with Crippen LogP contribution < -0.4 is 5.73 Å². The number of benzene rings is 1. The monoisotopic (exact) mass is 340 g/mol. The second-order valence-electron chi connectivity index (χ2n) is 7.29. The minimum atomic E-state index is 0.114. The number of nitrogens with zero attached hydrogens (tertiary/aromatic N) is 3. The Morgan fingerprint density at radius 2 is 2.04 bits per heavy atom. The van der Waals surface area contributed by atoms with Crippen molar-refractivity contribution in [3.05, 3.63) is 52.8 Å². The van der Waals surface area contributed by atoms with Gasteiger partial charge in [-0.1, -0.05) is 12.1 Å². The Balaban J connectivity index is 1.67. The smallest absolute Gasteiger partial charge is 0.253 e. The normalized spacial score (nSPS) is 19.0. The lowest BCUT2D eigenvalue weighted by Crippen LogP contribution is -2.45. The molecule has 1 aliphatic rings. The molecule has 2 N–H and O–H groups in total. The molecule has 2 atom stereocenters. The summed E-state index contributed by atoms with van der Waals surface area (Å²) in [7, 11) is 0. The molecule has 0 spiro atoms. The van der Waals surface area contributed by atoms with E-state index in [1.807, 2.05) is 47.7 Å². The van der Waals surface area contributed by atoms with Gasteiger partial charge in [-0.05, 0) is 63.3 Å². The predicted octanol–water partition coefficient (Wildman–Crippen LogP) is 2.75. The van der Waals surface area contributed by atoms with E-state index < -0.39 is 0 Å². The quantitative estimate of drug-likeness (QED) is 0.931. The average molecular weight is 340 g/mol. The van der Waals surface area contributed by atoms with E-state index in [2.05, 4.69) is 18.1 Å². The maximum Gasteiger partial charge on any atom is 0.253 e. The third-order valence-corrected chi connectivity index (χ3v) is 5.13.